The molecule has 0 radical (unpaired) electrons. The fraction of sp³-hybridized carbons (Fsp3) is 0.167. The quantitative estimate of drug-likeness (QED) is 0.485. The number of halogens is 1. The van der Waals surface area contributed by atoms with Crippen LogP contribution >= 0.6 is 0 Å². The van der Waals surface area contributed by atoms with Gasteiger partial charge in [-0.1, -0.05) is 12.1 Å². The molecule has 7 nitrogen and oxygen atoms in total. The minimum atomic E-state index is -0.579. The molecule has 2 aromatic carbocycles. The summed E-state index contributed by atoms with van der Waals surface area (Å²) < 4.78 is 20.7. The van der Waals surface area contributed by atoms with Gasteiger partial charge in [0, 0.05) is 24.1 Å². The largest absolute Gasteiger partial charge is 0.439 e. The third kappa shape index (κ3) is 3.94. The summed E-state index contributed by atoms with van der Waals surface area (Å²) in [5.41, 5.74) is 0.917. The molecule has 0 aliphatic heterocycles. The van der Waals surface area contributed by atoms with Crippen LogP contribution in [0.4, 0.5) is 10.1 Å². The van der Waals surface area contributed by atoms with E-state index in [9.17, 15) is 9.18 Å². The van der Waals surface area contributed by atoms with Gasteiger partial charge in [0.15, 0.2) is 5.82 Å². The molecule has 160 valence electrons. The van der Waals surface area contributed by atoms with E-state index in [2.05, 4.69) is 20.4 Å². The van der Waals surface area contributed by atoms with Crippen molar-refractivity contribution in [3.8, 4) is 17.4 Å². The van der Waals surface area contributed by atoms with Crippen LogP contribution in [0.3, 0.4) is 0 Å². The minimum Gasteiger partial charge on any atom is -0.439 e. The maximum atomic E-state index is 13.2. The second kappa shape index (κ2) is 7.88. The van der Waals surface area contributed by atoms with Crippen LogP contribution in [0.25, 0.3) is 5.82 Å². The molecule has 0 atom stereocenters. The van der Waals surface area contributed by atoms with Crippen molar-refractivity contribution in [2.75, 3.05) is 5.32 Å². The number of aryl methyl sites for hydroxylation is 1. The molecule has 0 saturated heterocycles. The van der Waals surface area contributed by atoms with Crippen molar-refractivity contribution >= 4 is 11.6 Å². The number of rotatable bonds is 6. The van der Waals surface area contributed by atoms with Crippen LogP contribution in [0.1, 0.15) is 24.2 Å². The van der Waals surface area contributed by atoms with Crippen molar-refractivity contribution in [3.05, 3.63) is 90.3 Å². The molecular formula is C24H20FN5O2. The van der Waals surface area contributed by atoms with Crippen molar-refractivity contribution in [1.82, 2.24) is 19.7 Å². The molecule has 1 amide bonds. The summed E-state index contributed by atoms with van der Waals surface area (Å²) in [4.78, 5) is 21.6. The summed E-state index contributed by atoms with van der Waals surface area (Å²) in [6.45, 7) is 1.79. The zero-order valence-corrected chi connectivity index (χ0v) is 17.3. The summed E-state index contributed by atoms with van der Waals surface area (Å²) in [6, 6.07) is 16.7. The van der Waals surface area contributed by atoms with Crippen LogP contribution < -0.4 is 10.1 Å². The fourth-order valence-corrected chi connectivity index (χ4v) is 3.62. The van der Waals surface area contributed by atoms with Crippen LogP contribution in [0, 0.1) is 12.7 Å². The number of nitrogens with zero attached hydrogens (tertiary/aromatic N) is 4. The van der Waals surface area contributed by atoms with Crippen molar-refractivity contribution < 1.29 is 13.9 Å². The maximum absolute atomic E-state index is 13.2. The Balaban J connectivity index is 1.28. The van der Waals surface area contributed by atoms with Gasteiger partial charge in [0.1, 0.15) is 17.4 Å². The average Bonchev–Trinajstić information content (AvgIpc) is 3.41. The highest BCUT2D eigenvalue weighted by molar-refractivity contribution is 6.01. The number of carbonyl (C=O) groups is 1. The summed E-state index contributed by atoms with van der Waals surface area (Å²) in [7, 11) is 0. The second-order valence-electron chi connectivity index (χ2n) is 7.73. The number of amides is 1. The van der Waals surface area contributed by atoms with Gasteiger partial charge in [0.25, 0.3) is 0 Å². The molecule has 0 unspecified atom stereocenters. The first-order valence-corrected chi connectivity index (χ1v) is 10.2. The number of anilines is 1. The van der Waals surface area contributed by atoms with Crippen molar-refractivity contribution in [2.24, 2.45) is 0 Å². The lowest BCUT2D eigenvalue weighted by atomic mass is 9.95. The summed E-state index contributed by atoms with van der Waals surface area (Å²) >= 11 is 0. The highest BCUT2D eigenvalue weighted by Crippen LogP contribution is 2.49. The molecule has 5 rings (SSSR count). The van der Waals surface area contributed by atoms with E-state index in [1.165, 1.54) is 12.1 Å². The molecule has 1 aliphatic rings. The van der Waals surface area contributed by atoms with Gasteiger partial charge in [-0.2, -0.15) is 10.1 Å². The van der Waals surface area contributed by atoms with E-state index in [1.54, 1.807) is 66.5 Å². The molecule has 2 aromatic heterocycles. The topological polar surface area (TPSA) is 81.9 Å². The normalized spacial score (nSPS) is 14.1. The Labute approximate surface area is 183 Å². The summed E-state index contributed by atoms with van der Waals surface area (Å²) in [5.74, 6) is 1.74. The first-order chi connectivity index (χ1) is 15.5. The third-order valence-electron chi connectivity index (χ3n) is 5.46. The van der Waals surface area contributed by atoms with Crippen molar-refractivity contribution in [3.63, 3.8) is 0 Å². The zero-order chi connectivity index (χ0) is 22.1. The van der Waals surface area contributed by atoms with Gasteiger partial charge in [0.2, 0.25) is 11.8 Å². The van der Waals surface area contributed by atoms with E-state index in [0.29, 0.717) is 29.0 Å². The predicted molar refractivity (Wildman–Crippen MR) is 116 cm³/mol. The molecule has 0 bridgehead atoms. The molecule has 2 heterocycles. The number of aromatic nitrogens is 4. The number of benzene rings is 2. The van der Waals surface area contributed by atoms with E-state index >= 15 is 0 Å². The number of ether oxygens (including phenoxy) is 1. The first kappa shape index (κ1) is 19.9. The molecule has 0 spiro atoms. The molecule has 1 fully saturated rings. The maximum Gasteiger partial charge on any atom is 0.235 e. The van der Waals surface area contributed by atoms with Gasteiger partial charge in [-0.15, -0.1) is 0 Å². The molecular weight excluding hydrogens is 409 g/mol. The van der Waals surface area contributed by atoms with E-state index in [4.69, 9.17) is 4.74 Å². The predicted octanol–water partition coefficient (Wildman–Crippen LogP) is 4.57. The Kier molecular flexibility index (Phi) is 4.89. The van der Waals surface area contributed by atoms with Crippen molar-refractivity contribution in [2.45, 2.75) is 25.2 Å². The van der Waals surface area contributed by atoms with Crippen LogP contribution in [0.5, 0.6) is 11.6 Å². The Hall–Kier alpha value is -4.07. The first-order valence-electron chi connectivity index (χ1n) is 10.2. The van der Waals surface area contributed by atoms with Gasteiger partial charge in [-0.05, 0) is 67.8 Å². The monoisotopic (exact) mass is 429 g/mol. The van der Waals surface area contributed by atoms with Gasteiger partial charge < -0.3 is 10.1 Å². The Morgan fingerprint density at radius 1 is 1.09 bits per heavy atom. The third-order valence-corrected chi connectivity index (χ3v) is 5.46. The van der Waals surface area contributed by atoms with Gasteiger partial charge in [0.05, 0.1) is 5.41 Å². The zero-order valence-electron chi connectivity index (χ0n) is 17.3. The van der Waals surface area contributed by atoms with Crippen LogP contribution in [0.2, 0.25) is 0 Å². The van der Waals surface area contributed by atoms with Gasteiger partial charge in [-0.3, -0.25) is 4.79 Å². The minimum absolute atomic E-state index is 0.0898. The molecule has 4 aromatic rings. The molecule has 32 heavy (non-hydrogen) atoms. The molecule has 8 heteroatoms. The smallest absolute Gasteiger partial charge is 0.235 e. The van der Waals surface area contributed by atoms with Crippen molar-refractivity contribution in [1.29, 1.82) is 0 Å². The lowest BCUT2D eigenvalue weighted by Gasteiger charge is -2.16. The van der Waals surface area contributed by atoms with Crippen LogP contribution in [-0.2, 0) is 10.2 Å². The van der Waals surface area contributed by atoms with E-state index in [-0.39, 0.29) is 11.7 Å². The Morgan fingerprint density at radius 3 is 2.50 bits per heavy atom. The number of carbonyl (C=O) groups excluding carboxylic acids is 1. The lowest BCUT2D eigenvalue weighted by molar-refractivity contribution is -0.118. The number of hydrogen-bond donors (Lipinski definition) is 1. The Bertz CT molecular complexity index is 1250. The second-order valence-corrected chi connectivity index (χ2v) is 7.73. The van der Waals surface area contributed by atoms with E-state index in [1.807, 2.05) is 6.07 Å². The standard InChI is InChI=1S/C24H20FN5O2/c1-16-27-21(30-14-2-13-26-30)15-22(28-16)32-20-9-7-19(8-10-20)29-23(31)24(11-12-24)17-3-5-18(25)6-4-17/h2-10,13-15H,11-12H2,1H3,(H,29,31). The number of hydrogen-bond acceptors (Lipinski definition) is 5. The SMILES string of the molecule is Cc1nc(Oc2ccc(NC(=O)C3(c4ccc(F)cc4)CC3)cc2)cc(-n2cccn2)n1. The molecule has 1 aliphatic carbocycles. The molecule has 1 saturated carbocycles. The fourth-order valence-electron chi connectivity index (χ4n) is 3.62. The Morgan fingerprint density at radius 2 is 1.84 bits per heavy atom. The molecule has 1 N–H and O–H groups in total. The summed E-state index contributed by atoms with van der Waals surface area (Å²) in [5, 5.41) is 7.14. The average molecular weight is 429 g/mol. The number of nitrogens with one attached hydrogen (secondary N) is 1. The van der Waals surface area contributed by atoms with E-state index in [0.717, 1.165) is 18.4 Å². The highest BCUT2D eigenvalue weighted by atomic mass is 19.1. The highest BCUT2D eigenvalue weighted by Gasteiger charge is 2.51. The van der Waals surface area contributed by atoms with Crippen LogP contribution in [0.15, 0.2) is 73.1 Å². The van der Waals surface area contributed by atoms with Crippen LogP contribution in [-0.4, -0.2) is 25.7 Å². The van der Waals surface area contributed by atoms with E-state index < -0.39 is 5.41 Å². The van der Waals surface area contributed by atoms with Gasteiger partial charge in [-0.25, -0.2) is 14.1 Å². The van der Waals surface area contributed by atoms with Gasteiger partial charge >= 0.3 is 0 Å². The lowest BCUT2D eigenvalue weighted by Crippen LogP contribution is -2.27. The summed E-state index contributed by atoms with van der Waals surface area (Å²) in [6.07, 6.45) is 4.96.